The molecular formula is C21H23N5O3S. The highest BCUT2D eigenvalue weighted by atomic mass is 32.2. The van der Waals surface area contributed by atoms with Crippen LogP contribution >= 0.6 is 0 Å². The molecule has 0 aliphatic carbocycles. The van der Waals surface area contributed by atoms with Gasteiger partial charge in [-0.15, -0.1) is 0 Å². The zero-order valence-corrected chi connectivity index (χ0v) is 17.8. The topological polar surface area (TPSA) is 128 Å². The maximum Gasteiger partial charge on any atom is 0.255 e. The number of nitriles is 1. The van der Waals surface area contributed by atoms with Gasteiger partial charge >= 0.3 is 0 Å². The Kier molecular flexibility index (Phi) is 5.92. The van der Waals surface area contributed by atoms with E-state index in [9.17, 15) is 13.2 Å². The minimum Gasteiger partial charge on any atom is -0.341 e. The molecule has 8 nitrogen and oxygen atoms in total. The Balaban J connectivity index is 1.73. The van der Waals surface area contributed by atoms with Crippen LogP contribution in [0.15, 0.2) is 47.4 Å². The maximum absolute atomic E-state index is 12.5. The van der Waals surface area contributed by atoms with E-state index in [2.05, 4.69) is 40.8 Å². The van der Waals surface area contributed by atoms with Gasteiger partial charge in [0.25, 0.3) is 5.91 Å². The van der Waals surface area contributed by atoms with Gasteiger partial charge in [0.05, 0.1) is 22.0 Å². The van der Waals surface area contributed by atoms with Gasteiger partial charge in [0.2, 0.25) is 10.0 Å². The zero-order chi connectivity index (χ0) is 21.9. The summed E-state index contributed by atoms with van der Waals surface area (Å²) in [4.78, 5) is 20.4. The molecule has 0 saturated carbocycles. The highest BCUT2D eigenvalue weighted by molar-refractivity contribution is 7.89. The fourth-order valence-electron chi connectivity index (χ4n) is 2.76. The van der Waals surface area contributed by atoms with E-state index < -0.39 is 10.0 Å². The molecule has 9 heteroatoms. The molecule has 0 fully saturated rings. The second kappa shape index (κ2) is 8.26. The number of fused-ring (bicyclic) bond motifs is 1. The van der Waals surface area contributed by atoms with Crippen LogP contribution in [0.2, 0.25) is 0 Å². The van der Waals surface area contributed by atoms with Crippen molar-refractivity contribution in [2.75, 3.05) is 11.9 Å². The third kappa shape index (κ3) is 4.84. The molecule has 1 heterocycles. The lowest BCUT2D eigenvalue weighted by molar-refractivity contribution is 0.102. The van der Waals surface area contributed by atoms with Crippen molar-refractivity contribution in [3.8, 4) is 6.07 Å². The van der Waals surface area contributed by atoms with Gasteiger partial charge in [0.15, 0.2) is 0 Å². The Morgan fingerprint density at radius 2 is 1.87 bits per heavy atom. The molecule has 0 spiro atoms. The molecule has 3 N–H and O–H groups in total. The molecule has 0 aliphatic heterocycles. The first kappa shape index (κ1) is 21.5. The summed E-state index contributed by atoms with van der Waals surface area (Å²) in [6, 6.07) is 12.9. The minimum atomic E-state index is -3.71. The van der Waals surface area contributed by atoms with Crippen molar-refractivity contribution in [3.05, 3.63) is 53.9 Å². The number of hydrogen-bond donors (Lipinski definition) is 3. The number of nitrogens with zero attached hydrogens (tertiary/aromatic N) is 2. The summed E-state index contributed by atoms with van der Waals surface area (Å²) in [5.41, 5.74) is 2.45. The van der Waals surface area contributed by atoms with E-state index >= 15 is 0 Å². The molecule has 2 aromatic carbocycles. The summed E-state index contributed by atoms with van der Waals surface area (Å²) in [7, 11) is -3.71. The number of anilines is 1. The molecule has 0 atom stereocenters. The van der Waals surface area contributed by atoms with Crippen molar-refractivity contribution < 1.29 is 13.2 Å². The Morgan fingerprint density at radius 3 is 2.50 bits per heavy atom. The summed E-state index contributed by atoms with van der Waals surface area (Å²) < 4.78 is 26.6. The quantitative estimate of drug-likeness (QED) is 0.522. The average molecular weight is 426 g/mol. The number of aromatic amines is 1. The predicted octanol–water partition coefficient (Wildman–Crippen LogP) is 3.30. The molecule has 156 valence electrons. The van der Waals surface area contributed by atoms with Gasteiger partial charge in [-0.3, -0.25) is 4.79 Å². The van der Waals surface area contributed by atoms with E-state index in [4.69, 9.17) is 5.26 Å². The Bertz CT molecular complexity index is 1220. The summed E-state index contributed by atoms with van der Waals surface area (Å²) in [6.07, 6.45) is 0.0810. The highest BCUT2D eigenvalue weighted by Gasteiger charge is 2.19. The molecule has 0 radical (unpaired) electrons. The lowest BCUT2D eigenvalue weighted by Gasteiger charge is -2.13. The average Bonchev–Trinajstić information content (AvgIpc) is 3.12. The van der Waals surface area contributed by atoms with Crippen LogP contribution in [-0.2, 0) is 15.4 Å². The number of nitrogens with one attached hydrogen (secondary N) is 3. The van der Waals surface area contributed by atoms with Crippen molar-refractivity contribution in [1.82, 2.24) is 14.7 Å². The molecule has 1 aromatic heterocycles. The summed E-state index contributed by atoms with van der Waals surface area (Å²) >= 11 is 0. The maximum atomic E-state index is 12.5. The van der Waals surface area contributed by atoms with Crippen molar-refractivity contribution >= 4 is 32.7 Å². The second-order valence-electron chi connectivity index (χ2n) is 7.85. The number of aromatic nitrogens is 2. The molecule has 3 aromatic rings. The van der Waals surface area contributed by atoms with Gasteiger partial charge in [-0.05, 0) is 42.5 Å². The predicted molar refractivity (Wildman–Crippen MR) is 115 cm³/mol. The van der Waals surface area contributed by atoms with E-state index in [0.717, 1.165) is 16.9 Å². The first-order valence-corrected chi connectivity index (χ1v) is 10.9. The Labute approximate surface area is 175 Å². The third-order valence-electron chi connectivity index (χ3n) is 4.41. The fraction of sp³-hybridized carbons (Fsp3) is 0.286. The monoisotopic (exact) mass is 425 g/mol. The fourth-order valence-corrected chi connectivity index (χ4v) is 3.79. The van der Waals surface area contributed by atoms with Crippen LogP contribution in [0.4, 0.5) is 5.69 Å². The van der Waals surface area contributed by atoms with Gasteiger partial charge in [-0.1, -0.05) is 20.8 Å². The smallest absolute Gasteiger partial charge is 0.255 e. The summed E-state index contributed by atoms with van der Waals surface area (Å²) in [5, 5.41) is 11.3. The van der Waals surface area contributed by atoms with Gasteiger partial charge in [-0.2, -0.15) is 5.26 Å². The van der Waals surface area contributed by atoms with Crippen LogP contribution < -0.4 is 10.0 Å². The van der Waals surface area contributed by atoms with Crippen molar-refractivity contribution in [1.29, 1.82) is 5.26 Å². The van der Waals surface area contributed by atoms with Crippen LogP contribution in [0.5, 0.6) is 0 Å². The molecular weight excluding hydrogens is 402 g/mol. The van der Waals surface area contributed by atoms with Gasteiger partial charge in [0, 0.05) is 29.6 Å². The highest BCUT2D eigenvalue weighted by Crippen LogP contribution is 2.24. The van der Waals surface area contributed by atoms with Crippen molar-refractivity contribution in [3.63, 3.8) is 0 Å². The largest absolute Gasteiger partial charge is 0.341 e. The molecule has 0 saturated heterocycles. The van der Waals surface area contributed by atoms with Crippen LogP contribution in [0.1, 0.15) is 43.4 Å². The number of H-pyrrole nitrogens is 1. The lowest BCUT2D eigenvalue weighted by atomic mass is 9.96. The zero-order valence-electron chi connectivity index (χ0n) is 17.0. The molecule has 0 aliphatic rings. The van der Waals surface area contributed by atoms with E-state index in [0.29, 0.717) is 11.3 Å². The first-order chi connectivity index (χ1) is 14.1. The van der Waals surface area contributed by atoms with E-state index in [-0.39, 0.29) is 29.2 Å². The number of rotatable bonds is 6. The van der Waals surface area contributed by atoms with E-state index in [1.54, 1.807) is 6.07 Å². The summed E-state index contributed by atoms with van der Waals surface area (Å²) in [5.74, 6) is 0.507. The molecule has 1 amide bonds. The number of benzene rings is 2. The van der Waals surface area contributed by atoms with Crippen LogP contribution in [0, 0.1) is 11.3 Å². The number of hydrogen-bond acceptors (Lipinski definition) is 5. The number of carbonyl (C=O) groups excluding carboxylic acids is 1. The number of sulfonamides is 1. The number of amides is 1. The SMILES string of the molecule is CC(C)(C)c1nc2ccc(NC(=O)c3ccc(S(=O)(=O)NCCC#N)cc3)cc2[nH]1. The van der Waals surface area contributed by atoms with Crippen LogP contribution in [0.3, 0.4) is 0 Å². The normalized spacial score (nSPS) is 11.9. The lowest BCUT2D eigenvalue weighted by Crippen LogP contribution is -2.24. The molecule has 0 unspecified atom stereocenters. The number of imidazole rings is 1. The van der Waals surface area contributed by atoms with Gasteiger partial charge in [0.1, 0.15) is 5.82 Å². The van der Waals surface area contributed by atoms with Crippen molar-refractivity contribution in [2.45, 2.75) is 37.5 Å². The molecule has 0 bridgehead atoms. The van der Waals surface area contributed by atoms with Crippen molar-refractivity contribution in [2.24, 2.45) is 0 Å². The first-order valence-electron chi connectivity index (χ1n) is 9.38. The van der Waals surface area contributed by atoms with E-state index in [1.165, 1.54) is 24.3 Å². The summed E-state index contributed by atoms with van der Waals surface area (Å²) in [6.45, 7) is 6.23. The van der Waals surface area contributed by atoms with Crippen LogP contribution in [0.25, 0.3) is 11.0 Å². The minimum absolute atomic E-state index is 0.0329. The third-order valence-corrected chi connectivity index (χ3v) is 5.88. The molecule has 30 heavy (non-hydrogen) atoms. The Hall–Kier alpha value is -3.22. The standard InChI is InChI=1S/C21H23N5O3S/c1-21(2,3)20-25-17-10-7-15(13-18(17)26-20)24-19(27)14-5-8-16(9-6-14)30(28,29)23-12-4-11-22/h5-10,13,23H,4,12H2,1-3H3,(H,24,27)(H,25,26). The van der Waals surface area contributed by atoms with Gasteiger partial charge in [-0.25, -0.2) is 18.1 Å². The molecule has 3 rings (SSSR count). The number of carbonyl (C=O) groups is 1. The van der Waals surface area contributed by atoms with Gasteiger partial charge < -0.3 is 10.3 Å². The van der Waals surface area contributed by atoms with Crippen LogP contribution in [-0.4, -0.2) is 30.8 Å². The Morgan fingerprint density at radius 1 is 1.17 bits per heavy atom. The second-order valence-corrected chi connectivity index (χ2v) is 9.62. The van der Waals surface area contributed by atoms with E-state index in [1.807, 2.05) is 18.2 Å².